The van der Waals surface area contributed by atoms with E-state index >= 15 is 0 Å². The predicted molar refractivity (Wildman–Crippen MR) is 71.7 cm³/mol. The lowest BCUT2D eigenvalue weighted by Gasteiger charge is -2.16. The van der Waals surface area contributed by atoms with Gasteiger partial charge in [-0.15, -0.1) is 11.3 Å². The van der Waals surface area contributed by atoms with Gasteiger partial charge in [-0.3, -0.25) is 0 Å². The molecule has 0 amide bonds. The number of hydrogen-bond acceptors (Lipinski definition) is 4. The van der Waals surface area contributed by atoms with Crippen molar-refractivity contribution in [3.63, 3.8) is 0 Å². The minimum absolute atomic E-state index is 0.228. The number of rotatable bonds is 3. The lowest BCUT2D eigenvalue weighted by Crippen LogP contribution is -2.07. The maximum atomic E-state index is 9.36. The number of aromatic hydroxyl groups is 1. The summed E-state index contributed by atoms with van der Waals surface area (Å²) >= 11 is 1.66. The third kappa shape index (κ3) is 2.58. The molecule has 1 heterocycles. The first-order valence-corrected chi connectivity index (χ1v) is 6.42. The summed E-state index contributed by atoms with van der Waals surface area (Å²) in [5, 5.41) is 12.8. The first-order valence-electron chi connectivity index (χ1n) is 5.54. The van der Waals surface area contributed by atoms with Gasteiger partial charge in [-0.1, -0.05) is 0 Å². The van der Waals surface area contributed by atoms with Crippen LogP contribution in [0.1, 0.15) is 29.1 Å². The summed E-state index contributed by atoms with van der Waals surface area (Å²) in [6.07, 6.45) is 0. The van der Waals surface area contributed by atoms with E-state index < -0.39 is 0 Å². The van der Waals surface area contributed by atoms with Crippen molar-refractivity contribution in [2.24, 2.45) is 0 Å². The molecule has 0 aliphatic heterocycles. The van der Waals surface area contributed by atoms with Crippen molar-refractivity contribution >= 4 is 17.0 Å². The summed E-state index contributed by atoms with van der Waals surface area (Å²) in [4.78, 5) is 5.50. The van der Waals surface area contributed by atoms with Crippen molar-refractivity contribution in [1.29, 1.82) is 0 Å². The molecule has 4 heteroatoms. The highest BCUT2D eigenvalue weighted by atomic mass is 32.1. The summed E-state index contributed by atoms with van der Waals surface area (Å²) in [6, 6.07) is 5.58. The summed E-state index contributed by atoms with van der Waals surface area (Å²) in [7, 11) is 0. The second-order valence-corrected chi connectivity index (χ2v) is 5.05. The van der Waals surface area contributed by atoms with Crippen LogP contribution in [-0.4, -0.2) is 10.1 Å². The summed E-state index contributed by atoms with van der Waals surface area (Å²) < 4.78 is 0. The number of hydrogen-bond donors (Lipinski definition) is 2. The Balaban J connectivity index is 2.19. The highest BCUT2D eigenvalue weighted by Gasteiger charge is 2.11. The third-order valence-electron chi connectivity index (χ3n) is 2.76. The second-order valence-electron chi connectivity index (χ2n) is 4.17. The van der Waals surface area contributed by atoms with Crippen molar-refractivity contribution in [2.75, 3.05) is 5.32 Å². The molecule has 0 fully saturated rings. The van der Waals surface area contributed by atoms with Crippen molar-refractivity contribution in [1.82, 2.24) is 4.98 Å². The standard InChI is InChI=1S/C13H16N2OS/c1-8-6-11(16)4-5-12(8)15-10(3)13-9(2)14-7-17-13/h4-7,10,15-16H,1-3H3. The smallest absolute Gasteiger partial charge is 0.115 e. The zero-order valence-electron chi connectivity index (χ0n) is 10.2. The van der Waals surface area contributed by atoms with Gasteiger partial charge in [0.05, 0.1) is 17.2 Å². The number of phenols is 1. The van der Waals surface area contributed by atoms with Crippen LogP contribution >= 0.6 is 11.3 Å². The van der Waals surface area contributed by atoms with Crippen LogP contribution in [0.2, 0.25) is 0 Å². The normalized spacial score (nSPS) is 12.4. The van der Waals surface area contributed by atoms with Crippen LogP contribution < -0.4 is 5.32 Å². The number of nitrogens with one attached hydrogen (secondary N) is 1. The number of thiazole rings is 1. The first-order chi connectivity index (χ1) is 8.08. The topological polar surface area (TPSA) is 45.1 Å². The van der Waals surface area contributed by atoms with E-state index in [1.54, 1.807) is 23.5 Å². The Kier molecular flexibility index (Phi) is 3.33. The molecule has 0 saturated carbocycles. The summed E-state index contributed by atoms with van der Waals surface area (Å²) in [5.41, 5.74) is 5.03. The Bertz CT molecular complexity index is 522. The van der Waals surface area contributed by atoms with E-state index in [2.05, 4.69) is 17.2 Å². The Morgan fingerprint density at radius 1 is 1.35 bits per heavy atom. The number of benzene rings is 1. The van der Waals surface area contributed by atoms with Crippen molar-refractivity contribution in [3.05, 3.63) is 39.8 Å². The fourth-order valence-corrected chi connectivity index (χ4v) is 2.65. The quantitative estimate of drug-likeness (QED) is 0.815. The van der Waals surface area contributed by atoms with E-state index in [9.17, 15) is 5.11 Å². The SMILES string of the molecule is Cc1cc(O)ccc1NC(C)c1scnc1C. The van der Waals surface area contributed by atoms with Crippen LogP contribution in [0.5, 0.6) is 5.75 Å². The molecular formula is C13H16N2OS. The van der Waals surface area contributed by atoms with E-state index in [1.165, 1.54) is 4.88 Å². The van der Waals surface area contributed by atoms with Gasteiger partial charge < -0.3 is 10.4 Å². The van der Waals surface area contributed by atoms with Crippen LogP contribution in [-0.2, 0) is 0 Å². The second kappa shape index (κ2) is 4.75. The number of phenolic OH excluding ortho intramolecular Hbond substituents is 1. The molecule has 3 nitrogen and oxygen atoms in total. The molecule has 0 radical (unpaired) electrons. The van der Waals surface area contributed by atoms with Crippen molar-refractivity contribution in [3.8, 4) is 5.75 Å². The maximum Gasteiger partial charge on any atom is 0.115 e. The Labute approximate surface area is 105 Å². The van der Waals surface area contributed by atoms with Gasteiger partial charge in [-0.2, -0.15) is 0 Å². The van der Waals surface area contributed by atoms with Crippen LogP contribution in [0.15, 0.2) is 23.7 Å². The molecule has 0 aliphatic carbocycles. The van der Waals surface area contributed by atoms with Crippen LogP contribution in [0.3, 0.4) is 0 Å². The molecule has 0 spiro atoms. The first kappa shape index (κ1) is 11.9. The van der Waals surface area contributed by atoms with Crippen LogP contribution in [0.25, 0.3) is 0 Å². The lowest BCUT2D eigenvalue weighted by atomic mass is 10.1. The van der Waals surface area contributed by atoms with Crippen molar-refractivity contribution < 1.29 is 5.11 Å². The average Bonchev–Trinajstić information content (AvgIpc) is 2.68. The third-order valence-corrected chi connectivity index (χ3v) is 3.87. The number of anilines is 1. The minimum atomic E-state index is 0.228. The largest absolute Gasteiger partial charge is 0.508 e. The van der Waals surface area contributed by atoms with Crippen LogP contribution in [0.4, 0.5) is 5.69 Å². The summed E-state index contributed by atoms with van der Waals surface area (Å²) in [6.45, 7) is 6.12. The average molecular weight is 248 g/mol. The van der Waals surface area contributed by atoms with Crippen LogP contribution in [0, 0.1) is 13.8 Å². The molecule has 0 bridgehead atoms. The fraction of sp³-hybridized carbons (Fsp3) is 0.308. The summed E-state index contributed by atoms with van der Waals surface area (Å²) in [5.74, 6) is 0.301. The van der Waals surface area contributed by atoms with Gasteiger partial charge >= 0.3 is 0 Å². The van der Waals surface area contributed by atoms with E-state index in [-0.39, 0.29) is 6.04 Å². The fourth-order valence-electron chi connectivity index (χ4n) is 1.84. The van der Waals surface area contributed by atoms with E-state index in [0.717, 1.165) is 16.9 Å². The minimum Gasteiger partial charge on any atom is -0.508 e. The highest BCUT2D eigenvalue weighted by Crippen LogP contribution is 2.28. The molecule has 1 atom stereocenters. The zero-order valence-corrected chi connectivity index (χ0v) is 11.0. The number of aromatic nitrogens is 1. The number of aryl methyl sites for hydroxylation is 2. The molecule has 0 aliphatic rings. The van der Waals surface area contributed by atoms with Crippen molar-refractivity contribution in [2.45, 2.75) is 26.8 Å². The van der Waals surface area contributed by atoms with Gasteiger partial charge in [0.1, 0.15) is 5.75 Å². The molecule has 17 heavy (non-hydrogen) atoms. The van der Waals surface area contributed by atoms with E-state index in [0.29, 0.717) is 5.75 Å². The lowest BCUT2D eigenvalue weighted by molar-refractivity contribution is 0.475. The Morgan fingerprint density at radius 3 is 2.71 bits per heavy atom. The van der Waals surface area contributed by atoms with Gasteiger partial charge in [0.25, 0.3) is 0 Å². The zero-order chi connectivity index (χ0) is 12.4. The van der Waals surface area contributed by atoms with Gasteiger partial charge in [-0.25, -0.2) is 4.98 Å². The molecule has 2 N–H and O–H groups in total. The van der Waals surface area contributed by atoms with Gasteiger partial charge in [-0.05, 0) is 44.5 Å². The predicted octanol–water partition coefficient (Wildman–Crippen LogP) is 3.64. The molecular weight excluding hydrogens is 232 g/mol. The maximum absolute atomic E-state index is 9.36. The van der Waals surface area contributed by atoms with Gasteiger partial charge in [0.15, 0.2) is 0 Å². The van der Waals surface area contributed by atoms with Gasteiger partial charge in [0, 0.05) is 10.6 Å². The van der Waals surface area contributed by atoms with E-state index in [4.69, 9.17) is 0 Å². The molecule has 1 unspecified atom stereocenters. The number of nitrogens with zero attached hydrogens (tertiary/aromatic N) is 1. The highest BCUT2D eigenvalue weighted by molar-refractivity contribution is 7.09. The molecule has 1 aromatic carbocycles. The monoisotopic (exact) mass is 248 g/mol. The molecule has 2 rings (SSSR count). The Morgan fingerprint density at radius 2 is 2.12 bits per heavy atom. The van der Waals surface area contributed by atoms with Gasteiger partial charge in [0.2, 0.25) is 0 Å². The molecule has 2 aromatic rings. The molecule has 90 valence electrons. The van der Waals surface area contributed by atoms with E-state index in [1.807, 2.05) is 25.4 Å². The molecule has 1 aromatic heterocycles. The Hall–Kier alpha value is -1.55. The molecule has 0 saturated heterocycles.